The molecule has 31 heavy (non-hydrogen) atoms. The van der Waals surface area contributed by atoms with Crippen molar-refractivity contribution in [2.45, 2.75) is 6.92 Å². The Kier molecular flexibility index (Phi) is 5.53. The Morgan fingerprint density at radius 2 is 1.35 bits per heavy atom. The molecule has 1 heterocycles. The number of rotatable bonds is 4. The molecule has 0 radical (unpaired) electrons. The van der Waals surface area contributed by atoms with Crippen molar-refractivity contribution in [3.63, 3.8) is 0 Å². The van der Waals surface area contributed by atoms with Gasteiger partial charge in [0.05, 0.1) is 0 Å². The molecule has 0 unspecified atom stereocenters. The molecule has 0 spiro atoms. The summed E-state index contributed by atoms with van der Waals surface area (Å²) in [5, 5.41) is 2.74. The maximum absolute atomic E-state index is 12.5. The van der Waals surface area contributed by atoms with E-state index in [0.717, 1.165) is 5.56 Å². The molecule has 0 aromatic heterocycles. The molecule has 0 fully saturated rings. The maximum atomic E-state index is 12.5. The van der Waals surface area contributed by atoms with Gasteiger partial charge < -0.3 is 14.8 Å². The van der Waals surface area contributed by atoms with Gasteiger partial charge in [-0.2, -0.15) is 0 Å². The molecule has 0 aliphatic carbocycles. The summed E-state index contributed by atoms with van der Waals surface area (Å²) < 4.78 is 10.5. The summed E-state index contributed by atoms with van der Waals surface area (Å²) in [7, 11) is 0. The highest BCUT2D eigenvalue weighted by Gasteiger charge is 2.17. The quantitative estimate of drug-likeness (QED) is 0.566. The topological polar surface area (TPSA) is 106 Å². The van der Waals surface area contributed by atoms with Gasteiger partial charge in [0.15, 0.2) is 11.5 Å². The van der Waals surface area contributed by atoms with Gasteiger partial charge in [-0.25, -0.2) is 0 Å². The minimum absolute atomic E-state index is 0.123. The molecule has 3 aromatic rings. The highest BCUT2D eigenvalue weighted by molar-refractivity contribution is 6.05. The molecule has 0 saturated carbocycles. The number of nitrogens with one attached hydrogen (secondary N) is 3. The lowest BCUT2D eigenvalue weighted by Crippen LogP contribution is -2.41. The summed E-state index contributed by atoms with van der Waals surface area (Å²) in [5.74, 6) is -0.211. The van der Waals surface area contributed by atoms with E-state index in [2.05, 4.69) is 16.2 Å². The fraction of sp³-hybridized carbons (Fsp3) is 0.0870. The summed E-state index contributed by atoms with van der Waals surface area (Å²) in [6, 6.07) is 18.2. The zero-order valence-corrected chi connectivity index (χ0v) is 16.6. The van der Waals surface area contributed by atoms with Crippen LogP contribution in [0.15, 0.2) is 66.7 Å². The number of fused-ring (bicyclic) bond motifs is 1. The number of benzene rings is 3. The van der Waals surface area contributed by atoms with E-state index in [4.69, 9.17) is 9.47 Å². The van der Waals surface area contributed by atoms with Crippen LogP contribution in [0, 0.1) is 6.92 Å². The summed E-state index contributed by atoms with van der Waals surface area (Å²) in [6.07, 6.45) is 0. The van der Waals surface area contributed by atoms with Crippen molar-refractivity contribution < 1.29 is 23.9 Å². The van der Waals surface area contributed by atoms with Gasteiger partial charge in [0.2, 0.25) is 6.79 Å². The van der Waals surface area contributed by atoms with Crippen LogP contribution in [0.5, 0.6) is 11.5 Å². The second-order valence-corrected chi connectivity index (χ2v) is 6.88. The van der Waals surface area contributed by atoms with E-state index in [1.807, 2.05) is 19.1 Å². The lowest BCUT2D eigenvalue weighted by Gasteiger charge is -2.10. The van der Waals surface area contributed by atoms with Crippen LogP contribution in [0.25, 0.3) is 0 Å². The molecule has 0 atom stereocenters. The van der Waals surface area contributed by atoms with Gasteiger partial charge in [-0.3, -0.25) is 25.2 Å². The average Bonchev–Trinajstić information content (AvgIpc) is 3.26. The standard InChI is InChI=1S/C23H19N3O5/c1-14-5-7-15(8-6-14)22(28)25-26-23(29)16-3-2-4-18(11-16)24-21(27)17-9-10-19-20(12-17)31-13-30-19/h2-12H,13H2,1H3,(H,24,27)(H,25,28)(H,26,29). The number of aryl methyl sites for hydroxylation is 1. The molecule has 3 amide bonds. The van der Waals surface area contributed by atoms with Crippen molar-refractivity contribution in [1.82, 2.24) is 10.9 Å². The van der Waals surface area contributed by atoms with E-state index in [1.165, 1.54) is 6.07 Å². The molecule has 3 aromatic carbocycles. The van der Waals surface area contributed by atoms with Crippen LogP contribution in [0.2, 0.25) is 0 Å². The van der Waals surface area contributed by atoms with Gasteiger partial charge in [-0.05, 0) is 55.5 Å². The van der Waals surface area contributed by atoms with Crippen LogP contribution in [-0.4, -0.2) is 24.5 Å². The monoisotopic (exact) mass is 417 g/mol. The van der Waals surface area contributed by atoms with Gasteiger partial charge in [-0.1, -0.05) is 23.8 Å². The number of ether oxygens (including phenoxy) is 2. The third-order valence-corrected chi connectivity index (χ3v) is 4.62. The molecular formula is C23H19N3O5. The Morgan fingerprint density at radius 1 is 0.710 bits per heavy atom. The molecule has 1 aliphatic heterocycles. The van der Waals surface area contributed by atoms with Gasteiger partial charge in [0.1, 0.15) is 0 Å². The molecule has 156 valence electrons. The fourth-order valence-corrected chi connectivity index (χ4v) is 2.94. The van der Waals surface area contributed by atoms with E-state index in [0.29, 0.717) is 28.3 Å². The van der Waals surface area contributed by atoms with Crippen molar-refractivity contribution >= 4 is 23.4 Å². The summed E-state index contributed by atoms with van der Waals surface area (Å²) in [6.45, 7) is 2.04. The van der Waals surface area contributed by atoms with Crippen molar-refractivity contribution in [1.29, 1.82) is 0 Å². The normalized spacial score (nSPS) is 11.5. The summed E-state index contributed by atoms with van der Waals surface area (Å²) in [5.41, 5.74) is 7.29. The Morgan fingerprint density at radius 3 is 2.13 bits per heavy atom. The third-order valence-electron chi connectivity index (χ3n) is 4.62. The molecule has 8 heteroatoms. The Bertz CT molecular complexity index is 1160. The first-order chi connectivity index (χ1) is 15.0. The van der Waals surface area contributed by atoms with Crippen LogP contribution < -0.4 is 25.6 Å². The lowest BCUT2D eigenvalue weighted by molar-refractivity contribution is 0.0846. The number of hydrogen-bond acceptors (Lipinski definition) is 5. The second-order valence-electron chi connectivity index (χ2n) is 6.88. The third kappa shape index (κ3) is 4.64. The molecule has 1 aliphatic rings. The largest absolute Gasteiger partial charge is 0.454 e. The highest BCUT2D eigenvalue weighted by Crippen LogP contribution is 2.32. The summed E-state index contributed by atoms with van der Waals surface area (Å²) >= 11 is 0. The number of amides is 3. The Labute approximate surface area is 178 Å². The number of anilines is 1. The SMILES string of the molecule is Cc1ccc(C(=O)NNC(=O)c2cccc(NC(=O)c3ccc4c(c3)OCO4)c2)cc1. The van der Waals surface area contributed by atoms with Crippen LogP contribution >= 0.6 is 0 Å². The number of carbonyl (C=O) groups is 3. The molecule has 3 N–H and O–H groups in total. The van der Waals surface area contributed by atoms with Crippen molar-refractivity contribution in [3.05, 3.63) is 89.0 Å². The molecule has 0 saturated heterocycles. The van der Waals surface area contributed by atoms with Gasteiger partial charge in [0.25, 0.3) is 17.7 Å². The molecule has 0 bridgehead atoms. The van der Waals surface area contributed by atoms with Crippen LogP contribution in [0.3, 0.4) is 0 Å². The smallest absolute Gasteiger partial charge is 0.269 e. The first-order valence-corrected chi connectivity index (χ1v) is 9.48. The number of hydrogen-bond donors (Lipinski definition) is 3. The minimum atomic E-state index is -0.514. The molecular weight excluding hydrogens is 398 g/mol. The summed E-state index contributed by atoms with van der Waals surface area (Å²) in [4.78, 5) is 37.1. The number of carbonyl (C=O) groups excluding carboxylic acids is 3. The first-order valence-electron chi connectivity index (χ1n) is 9.48. The zero-order valence-electron chi connectivity index (χ0n) is 16.6. The second kappa shape index (κ2) is 8.58. The maximum Gasteiger partial charge on any atom is 0.269 e. The van der Waals surface area contributed by atoms with Crippen molar-refractivity contribution in [3.8, 4) is 11.5 Å². The van der Waals surface area contributed by atoms with Crippen LogP contribution in [0.1, 0.15) is 36.6 Å². The lowest BCUT2D eigenvalue weighted by atomic mass is 10.1. The van der Waals surface area contributed by atoms with Crippen LogP contribution in [-0.2, 0) is 0 Å². The van der Waals surface area contributed by atoms with E-state index in [9.17, 15) is 14.4 Å². The van der Waals surface area contributed by atoms with Gasteiger partial charge in [-0.15, -0.1) is 0 Å². The predicted octanol–water partition coefficient (Wildman–Crippen LogP) is 3.05. The van der Waals surface area contributed by atoms with Gasteiger partial charge in [0, 0.05) is 22.4 Å². The molecule has 8 nitrogen and oxygen atoms in total. The highest BCUT2D eigenvalue weighted by atomic mass is 16.7. The predicted molar refractivity (Wildman–Crippen MR) is 113 cm³/mol. The first kappa shape index (κ1) is 20.0. The molecule has 4 rings (SSSR count). The Hall–Kier alpha value is -4.33. The fourth-order valence-electron chi connectivity index (χ4n) is 2.94. The van der Waals surface area contributed by atoms with E-state index in [1.54, 1.807) is 48.5 Å². The van der Waals surface area contributed by atoms with E-state index >= 15 is 0 Å². The number of hydrazine groups is 1. The van der Waals surface area contributed by atoms with Crippen molar-refractivity contribution in [2.75, 3.05) is 12.1 Å². The van der Waals surface area contributed by atoms with Gasteiger partial charge >= 0.3 is 0 Å². The minimum Gasteiger partial charge on any atom is -0.454 e. The van der Waals surface area contributed by atoms with Crippen molar-refractivity contribution in [2.24, 2.45) is 0 Å². The zero-order chi connectivity index (χ0) is 21.8. The van der Waals surface area contributed by atoms with Crippen LogP contribution in [0.4, 0.5) is 5.69 Å². The van der Waals surface area contributed by atoms with E-state index < -0.39 is 11.8 Å². The van der Waals surface area contributed by atoms with E-state index in [-0.39, 0.29) is 18.3 Å². The average molecular weight is 417 g/mol. The Balaban J connectivity index is 1.38.